The lowest BCUT2D eigenvalue weighted by Gasteiger charge is -1.82. The molecule has 0 aliphatic rings. The molecule has 0 aliphatic heterocycles. The van der Waals surface area contributed by atoms with E-state index in [9.17, 15) is 0 Å². The van der Waals surface area contributed by atoms with Crippen LogP contribution in [0.1, 0.15) is 9.88 Å². The minimum atomic E-state index is -0.0486. The Morgan fingerprint density at radius 2 is 2.42 bits per heavy atom. The first-order valence-electron chi connectivity index (χ1n) is 3.23. The van der Waals surface area contributed by atoms with Crippen molar-refractivity contribution in [1.82, 2.24) is 4.98 Å². The van der Waals surface area contributed by atoms with Gasteiger partial charge < -0.3 is 11.5 Å². The molecule has 1 heterocycles. The molecule has 1 aromatic rings. The number of guanidine groups is 1. The molecule has 4 N–H and O–H groups in total. The van der Waals surface area contributed by atoms with Crippen LogP contribution in [0.4, 0.5) is 0 Å². The molecule has 0 aromatic carbocycles. The van der Waals surface area contributed by atoms with Crippen molar-refractivity contribution in [2.45, 2.75) is 6.92 Å². The SMILES string of the molecule is Cc1ncc(C=NN=C(N)N)s1. The van der Waals surface area contributed by atoms with E-state index in [1.165, 1.54) is 11.3 Å². The van der Waals surface area contributed by atoms with Gasteiger partial charge in [0.25, 0.3) is 0 Å². The third-order valence-electron chi connectivity index (χ3n) is 0.997. The van der Waals surface area contributed by atoms with Gasteiger partial charge >= 0.3 is 0 Å². The molecule has 0 spiro atoms. The second kappa shape index (κ2) is 3.82. The lowest BCUT2D eigenvalue weighted by Crippen LogP contribution is -2.21. The number of hydrogen-bond donors (Lipinski definition) is 2. The second-order valence-corrected chi connectivity index (χ2v) is 3.32. The first kappa shape index (κ1) is 8.66. The van der Waals surface area contributed by atoms with Crippen LogP contribution in [0.25, 0.3) is 0 Å². The highest BCUT2D eigenvalue weighted by Crippen LogP contribution is 2.08. The van der Waals surface area contributed by atoms with Gasteiger partial charge in [0.05, 0.1) is 16.1 Å². The molecule has 5 nitrogen and oxygen atoms in total. The summed E-state index contributed by atoms with van der Waals surface area (Å²) >= 11 is 1.53. The fraction of sp³-hybridized carbons (Fsp3) is 0.167. The fourth-order valence-electron chi connectivity index (χ4n) is 0.590. The van der Waals surface area contributed by atoms with Crippen LogP contribution < -0.4 is 11.5 Å². The van der Waals surface area contributed by atoms with Crippen molar-refractivity contribution in [3.63, 3.8) is 0 Å². The topological polar surface area (TPSA) is 89.6 Å². The molecule has 0 amide bonds. The van der Waals surface area contributed by atoms with Gasteiger partial charge in [0.15, 0.2) is 0 Å². The van der Waals surface area contributed by atoms with Gasteiger partial charge in [0.1, 0.15) is 0 Å². The van der Waals surface area contributed by atoms with Crippen LogP contribution >= 0.6 is 11.3 Å². The first-order valence-corrected chi connectivity index (χ1v) is 4.04. The third-order valence-corrected chi connectivity index (χ3v) is 1.84. The molecule has 0 radical (unpaired) electrons. The average Bonchev–Trinajstić information content (AvgIpc) is 2.35. The van der Waals surface area contributed by atoms with Gasteiger partial charge in [-0.2, -0.15) is 5.10 Å². The maximum Gasteiger partial charge on any atom is 0.211 e. The number of thiazole rings is 1. The summed E-state index contributed by atoms with van der Waals surface area (Å²) in [7, 11) is 0. The molecular formula is C6H9N5S. The van der Waals surface area contributed by atoms with Gasteiger partial charge in [-0.25, -0.2) is 4.98 Å². The molecule has 0 bridgehead atoms. The molecule has 1 rings (SSSR count). The van der Waals surface area contributed by atoms with Crippen LogP contribution in [0.3, 0.4) is 0 Å². The molecule has 64 valence electrons. The van der Waals surface area contributed by atoms with Crippen LogP contribution in [0.5, 0.6) is 0 Å². The minimum Gasteiger partial charge on any atom is -0.369 e. The maximum absolute atomic E-state index is 5.06. The van der Waals surface area contributed by atoms with E-state index in [2.05, 4.69) is 15.2 Å². The Morgan fingerprint density at radius 3 is 2.92 bits per heavy atom. The van der Waals surface area contributed by atoms with Crippen LogP contribution in [0.2, 0.25) is 0 Å². The van der Waals surface area contributed by atoms with Crippen LogP contribution in [-0.4, -0.2) is 17.2 Å². The van der Waals surface area contributed by atoms with E-state index in [1.54, 1.807) is 12.4 Å². The van der Waals surface area contributed by atoms with Gasteiger partial charge in [-0.1, -0.05) is 0 Å². The predicted octanol–water partition coefficient (Wildman–Crippen LogP) is 0.0588. The summed E-state index contributed by atoms with van der Waals surface area (Å²) in [5.41, 5.74) is 10.1. The molecule has 0 saturated heterocycles. The van der Waals surface area contributed by atoms with Crippen molar-refractivity contribution in [1.29, 1.82) is 0 Å². The van der Waals surface area contributed by atoms with E-state index in [0.29, 0.717) is 0 Å². The summed E-state index contributed by atoms with van der Waals surface area (Å²) in [5.74, 6) is -0.0486. The monoisotopic (exact) mass is 183 g/mol. The summed E-state index contributed by atoms with van der Waals surface area (Å²) in [6.07, 6.45) is 3.27. The molecular weight excluding hydrogens is 174 g/mol. The van der Waals surface area contributed by atoms with Crippen LogP contribution in [-0.2, 0) is 0 Å². The molecule has 1 aromatic heterocycles. The lowest BCUT2D eigenvalue weighted by atomic mass is 10.6. The van der Waals surface area contributed by atoms with Crippen molar-refractivity contribution < 1.29 is 0 Å². The van der Waals surface area contributed by atoms with Crippen molar-refractivity contribution >= 4 is 23.5 Å². The molecule has 12 heavy (non-hydrogen) atoms. The normalized spacial score (nSPS) is 10.4. The zero-order valence-corrected chi connectivity index (χ0v) is 7.38. The summed E-state index contributed by atoms with van der Waals surface area (Å²) in [6.45, 7) is 1.92. The zero-order chi connectivity index (χ0) is 8.97. The van der Waals surface area contributed by atoms with Crippen molar-refractivity contribution in [3.8, 4) is 0 Å². The Morgan fingerprint density at radius 1 is 1.67 bits per heavy atom. The minimum absolute atomic E-state index is 0.0486. The Balaban J connectivity index is 2.64. The summed E-state index contributed by atoms with van der Waals surface area (Å²) in [4.78, 5) is 4.96. The Kier molecular flexibility index (Phi) is 2.76. The smallest absolute Gasteiger partial charge is 0.211 e. The standard InChI is InChI=1S/C6H9N5S/c1-4-9-2-5(12-4)3-10-11-6(7)8/h2-3H,1H3,(H4,7,8,11). The molecule has 0 unspecified atom stereocenters. The van der Waals surface area contributed by atoms with Gasteiger partial charge in [-0.15, -0.1) is 16.4 Å². The van der Waals surface area contributed by atoms with Crippen molar-refractivity contribution in [3.05, 3.63) is 16.1 Å². The van der Waals surface area contributed by atoms with E-state index in [-0.39, 0.29) is 5.96 Å². The maximum atomic E-state index is 5.06. The Labute approximate surface area is 73.8 Å². The van der Waals surface area contributed by atoms with Gasteiger partial charge in [0.2, 0.25) is 5.96 Å². The van der Waals surface area contributed by atoms with Crippen molar-refractivity contribution in [2.24, 2.45) is 21.7 Å². The molecule has 0 atom stereocenters. The quantitative estimate of drug-likeness (QED) is 0.386. The molecule has 0 fully saturated rings. The van der Waals surface area contributed by atoms with E-state index < -0.39 is 0 Å². The average molecular weight is 183 g/mol. The molecule has 0 aliphatic carbocycles. The third kappa shape index (κ3) is 2.67. The first-order chi connectivity index (χ1) is 5.68. The molecule has 6 heteroatoms. The number of nitrogens with two attached hydrogens (primary N) is 2. The largest absolute Gasteiger partial charge is 0.369 e. The Hall–Kier alpha value is -1.43. The summed E-state index contributed by atoms with van der Waals surface area (Å²) < 4.78 is 0. The number of nitrogens with zero attached hydrogens (tertiary/aromatic N) is 3. The molecule has 0 saturated carbocycles. The van der Waals surface area contributed by atoms with Gasteiger partial charge in [0, 0.05) is 6.20 Å². The highest BCUT2D eigenvalue weighted by molar-refractivity contribution is 7.13. The van der Waals surface area contributed by atoms with Crippen LogP contribution in [0, 0.1) is 6.92 Å². The Bertz CT molecular complexity index is 309. The van der Waals surface area contributed by atoms with E-state index in [1.807, 2.05) is 6.92 Å². The fourth-order valence-corrected chi connectivity index (χ4v) is 1.24. The summed E-state index contributed by atoms with van der Waals surface area (Å²) in [5, 5.41) is 8.07. The van der Waals surface area contributed by atoms with E-state index in [0.717, 1.165) is 9.88 Å². The lowest BCUT2D eigenvalue weighted by molar-refractivity contribution is 1.22. The van der Waals surface area contributed by atoms with Gasteiger partial charge in [-0.05, 0) is 6.92 Å². The van der Waals surface area contributed by atoms with E-state index >= 15 is 0 Å². The number of aromatic nitrogens is 1. The number of rotatable bonds is 2. The predicted molar refractivity (Wildman–Crippen MR) is 50.3 cm³/mol. The number of hydrogen-bond acceptors (Lipinski definition) is 4. The summed E-state index contributed by atoms with van der Waals surface area (Å²) in [6, 6.07) is 0. The second-order valence-electron chi connectivity index (χ2n) is 2.05. The zero-order valence-electron chi connectivity index (χ0n) is 6.56. The van der Waals surface area contributed by atoms with E-state index in [4.69, 9.17) is 11.5 Å². The van der Waals surface area contributed by atoms with Gasteiger partial charge in [-0.3, -0.25) is 0 Å². The number of aryl methyl sites for hydroxylation is 1. The van der Waals surface area contributed by atoms with Crippen molar-refractivity contribution in [2.75, 3.05) is 0 Å². The van der Waals surface area contributed by atoms with Crippen LogP contribution in [0.15, 0.2) is 16.4 Å². The highest BCUT2D eigenvalue weighted by Gasteiger charge is 1.91. The highest BCUT2D eigenvalue weighted by atomic mass is 32.1.